The van der Waals surface area contributed by atoms with Gasteiger partial charge >= 0.3 is 17.7 Å². The van der Waals surface area contributed by atoms with Crippen molar-refractivity contribution in [3.63, 3.8) is 0 Å². The maximum atomic E-state index is 13.1. The van der Waals surface area contributed by atoms with E-state index in [2.05, 4.69) is 15.3 Å². The topological polar surface area (TPSA) is 167 Å². The lowest BCUT2D eigenvalue weighted by Crippen LogP contribution is -2.50. The minimum Gasteiger partial charge on any atom is -0.479 e. The van der Waals surface area contributed by atoms with Crippen molar-refractivity contribution >= 4 is 46.1 Å². The largest absolute Gasteiger partial charge is 0.479 e. The molecule has 15 nitrogen and oxygen atoms in total. The van der Waals surface area contributed by atoms with Crippen molar-refractivity contribution in [2.75, 3.05) is 43.5 Å². The number of aryl methyl sites for hydroxylation is 1. The van der Waals surface area contributed by atoms with E-state index in [1.165, 1.54) is 19.4 Å². The maximum absolute atomic E-state index is 13.1. The first-order valence-corrected chi connectivity index (χ1v) is 15.1. The van der Waals surface area contributed by atoms with Gasteiger partial charge in [0.15, 0.2) is 0 Å². The number of rotatable bonds is 8. The van der Waals surface area contributed by atoms with Crippen LogP contribution in [0.5, 0.6) is 5.88 Å². The van der Waals surface area contributed by atoms with Gasteiger partial charge in [-0.3, -0.25) is 10.1 Å². The number of esters is 1. The van der Waals surface area contributed by atoms with Crippen molar-refractivity contribution < 1.29 is 28.7 Å². The van der Waals surface area contributed by atoms with Gasteiger partial charge in [-0.15, -0.1) is 0 Å². The van der Waals surface area contributed by atoms with Gasteiger partial charge in [-0.2, -0.15) is 4.98 Å². The highest BCUT2D eigenvalue weighted by Crippen LogP contribution is 2.37. The Bertz CT molecular complexity index is 1820. The Balaban J connectivity index is 1.49. The molecule has 15 heteroatoms. The summed E-state index contributed by atoms with van der Waals surface area (Å²) in [7, 11) is 3.30. The molecular formula is C32H38N8O7. The number of anilines is 3. The van der Waals surface area contributed by atoms with Crippen LogP contribution in [-0.2, 0) is 16.5 Å². The number of ether oxygens (including phenoxy) is 3. The van der Waals surface area contributed by atoms with Gasteiger partial charge in [-0.05, 0) is 40.7 Å². The van der Waals surface area contributed by atoms with Crippen LogP contribution in [-0.4, -0.2) is 86.4 Å². The Hall–Kier alpha value is -5.47. The fourth-order valence-corrected chi connectivity index (χ4v) is 5.24. The predicted octanol–water partition coefficient (Wildman–Crippen LogP) is 5.31. The molecule has 0 spiro atoms. The summed E-state index contributed by atoms with van der Waals surface area (Å²) < 4.78 is 18.4. The zero-order valence-electron chi connectivity index (χ0n) is 27.4. The van der Waals surface area contributed by atoms with Gasteiger partial charge in [-0.25, -0.2) is 19.6 Å². The monoisotopic (exact) mass is 646 g/mol. The van der Waals surface area contributed by atoms with E-state index >= 15 is 0 Å². The molecule has 47 heavy (non-hydrogen) atoms. The minimum atomic E-state index is -0.637. The first-order chi connectivity index (χ1) is 22.3. The summed E-state index contributed by atoms with van der Waals surface area (Å²) in [6.45, 7) is 10.1. The van der Waals surface area contributed by atoms with Gasteiger partial charge in [0.1, 0.15) is 16.9 Å². The summed E-state index contributed by atoms with van der Waals surface area (Å²) in [6.07, 6.45) is 2.43. The molecule has 1 aromatic carbocycles. The number of pyridine rings is 1. The first kappa shape index (κ1) is 32.9. The summed E-state index contributed by atoms with van der Waals surface area (Å²) in [4.78, 5) is 54.2. The van der Waals surface area contributed by atoms with Gasteiger partial charge < -0.3 is 33.9 Å². The Morgan fingerprint density at radius 1 is 1.09 bits per heavy atom. The predicted molar refractivity (Wildman–Crippen MR) is 175 cm³/mol. The average Bonchev–Trinajstić information content (AvgIpc) is 3.35. The van der Waals surface area contributed by atoms with Gasteiger partial charge in [0.2, 0.25) is 17.6 Å². The molecule has 4 aromatic rings. The van der Waals surface area contributed by atoms with Gasteiger partial charge in [0.25, 0.3) is 0 Å². The van der Waals surface area contributed by atoms with Crippen LogP contribution in [0.1, 0.15) is 45.0 Å². The van der Waals surface area contributed by atoms with Crippen molar-refractivity contribution in [1.82, 2.24) is 24.4 Å². The van der Waals surface area contributed by atoms with Crippen molar-refractivity contribution in [2.24, 2.45) is 7.05 Å². The molecule has 0 unspecified atom stereocenters. The van der Waals surface area contributed by atoms with E-state index in [1.54, 1.807) is 44.4 Å². The van der Waals surface area contributed by atoms with E-state index in [-0.39, 0.29) is 40.7 Å². The van der Waals surface area contributed by atoms with E-state index in [0.29, 0.717) is 37.4 Å². The molecule has 1 amide bonds. The number of hydrogen-bond donors (Lipinski definition) is 1. The number of fused-ring (bicyclic) bond motifs is 1. The highest BCUT2D eigenvalue weighted by Gasteiger charge is 2.31. The zero-order chi connectivity index (χ0) is 34.0. The number of carbonyl (C=O) groups excluding carboxylic acids is 2. The number of para-hydroxylation sites is 1. The third kappa shape index (κ3) is 7.18. The fraction of sp³-hybridized carbons (Fsp3) is 0.406. The summed E-state index contributed by atoms with van der Waals surface area (Å²) in [5.74, 6) is -0.355. The van der Waals surface area contributed by atoms with Crippen LogP contribution in [0.3, 0.4) is 0 Å². The van der Waals surface area contributed by atoms with Crippen molar-refractivity contribution in [1.29, 1.82) is 0 Å². The average molecular weight is 647 g/mol. The summed E-state index contributed by atoms with van der Waals surface area (Å²) in [6, 6.07) is 9.01. The fourth-order valence-electron chi connectivity index (χ4n) is 5.24. The van der Waals surface area contributed by atoms with E-state index in [1.807, 2.05) is 42.1 Å². The second-order valence-electron chi connectivity index (χ2n) is 12.3. The van der Waals surface area contributed by atoms with Crippen LogP contribution < -0.4 is 15.0 Å². The molecule has 4 heterocycles. The van der Waals surface area contributed by atoms with E-state index in [0.717, 1.165) is 10.9 Å². The summed E-state index contributed by atoms with van der Waals surface area (Å²) >= 11 is 0. The molecule has 5 rings (SSSR count). The first-order valence-electron chi connectivity index (χ1n) is 15.1. The van der Waals surface area contributed by atoms with Crippen molar-refractivity contribution in [2.45, 2.75) is 46.3 Å². The van der Waals surface area contributed by atoms with Crippen LogP contribution in [0.2, 0.25) is 0 Å². The Labute approximate surface area is 271 Å². The number of nitrogens with one attached hydrogen (secondary N) is 1. The van der Waals surface area contributed by atoms with Crippen molar-refractivity contribution in [3.8, 4) is 17.1 Å². The molecule has 3 aromatic heterocycles. The number of methoxy groups -OCH3 is 1. The standard InChI is InChI=1S/C32H38N8O7/c1-19(2)46-29(41)21-17-33-30(35-26(21)22-18-37(6)24-11-9-8-10-20(22)24)34-23-16-25(40(43)44)27(36-28(23)45-7)38-12-14-39(15-13-38)31(42)47-32(3,4)5/h8-11,16-19H,12-15H2,1-7H3,(H,33,34,35). The number of nitro groups is 1. The van der Waals surface area contributed by atoms with Gasteiger partial charge in [0.05, 0.1) is 23.8 Å². The number of amides is 1. The van der Waals surface area contributed by atoms with Crippen molar-refractivity contribution in [3.05, 3.63) is 58.4 Å². The number of nitrogens with zero attached hydrogens (tertiary/aromatic N) is 7. The number of aromatic nitrogens is 4. The molecule has 1 aliphatic heterocycles. The third-order valence-corrected chi connectivity index (χ3v) is 7.32. The number of carbonyl (C=O) groups is 2. The highest BCUT2D eigenvalue weighted by molar-refractivity contribution is 6.03. The SMILES string of the molecule is COc1nc(N2CCN(C(=O)OC(C)(C)C)CC2)c([N+](=O)[O-])cc1Nc1ncc(C(=O)OC(C)C)c(-c2cn(C)c3ccccc23)n1. The van der Waals surface area contributed by atoms with E-state index in [9.17, 15) is 19.7 Å². The van der Waals surface area contributed by atoms with Crippen LogP contribution >= 0.6 is 0 Å². The lowest BCUT2D eigenvalue weighted by molar-refractivity contribution is -0.384. The molecule has 0 bridgehead atoms. The Morgan fingerprint density at radius 3 is 2.43 bits per heavy atom. The molecule has 0 atom stereocenters. The molecule has 0 saturated carbocycles. The molecule has 1 fully saturated rings. The van der Waals surface area contributed by atoms with Crippen LogP contribution in [0, 0.1) is 10.1 Å². The van der Waals surface area contributed by atoms with E-state index in [4.69, 9.17) is 19.2 Å². The molecule has 0 radical (unpaired) electrons. The molecule has 1 aliphatic rings. The number of benzene rings is 1. The normalized spacial score (nSPS) is 13.5. The molecule has 1 N–H and O–H groups in total. The highest BCUT2D eigenvalue weighted by atomic mass is 16.6. The Morgan fingerprint density at radius 2 is 1.79 bits per heavy atom. The van der Waals surface area contributed by atoms with Crippen LogP contribution in [0.15, 0.2) is 42.7 Å². The Kier molecular flexibility index (Phi) is 9.17. The summed E-state index contributed by atoms with van der Waals surface area (Å²) in [5.41, 5.74) is 1.34. The lowest BCUT2D eigenvalue weighted by atomic mass is 10.1. The smallest absolute Gasteiger partial charge is 0.410 e. The lowest BCUT2D eigenvalue weighted by Gasteiger charge is -2.36. The molecule has 1 saturated heterocycles. The maximum Gasteiger partial charge on any atom is 0.410 e. The zero-order valence-corrected chi connectivity index (χ0v) is 27.4. The molecular weight excluding hydrogens is 608 g/mol. The van der Waals surface area contributed by atoms with E-state index < -0.39 is 22.6 Å². The van der Waals surface area contributed by atoms with Gasteiger partial charge in [0, 0.05) is 68.2 Å². The summed E-state index contributed by atoms with van der Waals surface area (Å²) in [5, 5.41) is 16.1. The minimum absolute atomic E-state index is 0.0576. The third-order valence-electron chi connectivity index (χ3n) is 7.32. The second kappa shape index (κ2) is 13.1. The number of piperazine rings is 1. The van der Waals surface area contributed by atoms with Gasteiger partial charge in [-0.1, -0.05) is 18.2 Å². The molecule has 248 valence electrons. The molecule has 0 aliphatic carbocycles. The number of hydrogen-bond acceptors (Lipinski definition) is 12. The second-order valence-corrected chi connectivity index (χ2v) is 12.3. The van der Waals surface area contributed by atoms with Crippen LogP contribution in [0.25, 0.3) is 22.2 Å². The quantitative estimate of drug-likeness (QED) is 0.149. The van der Waals surface area contributed by atoms with Crippen LogP contribution in [0.4, 0.5) is 27.9 Å².